The van der Waals surface area contributed by atoms with Crippen LogP contribution in [-0.4, -0.2) is 4.98 Å². The highest BCUT2D eigenvalue weighted by atomic mass is 79.9. The normalized spacial score (nSPS) is 10.9. The van der Waals surface area contributed by atoms with E-state index in [4.69, 9.17) is 17.3 Å². The van der Waals surface area contributed by atoms with Crippen molar-refractivity contribution in [2.75, 3.05) is 0 Å². The molecule has 1 aromatic heterocycles. The maximum Gasteiger partial charge on any atom is 0.281 e. The van der Waals surface area contributed by atoms with Gasteiger partial charge in [0.2, 0.25) is 0 Å². The molecule has 0 fully saturated rings. The lowest BCUT2D eigenvalue weighted by Crippen LogP contribution is -2.01. The van der Waals surface area contributed by atoms with Crippen molar-refractivity contribution in [1.29, 1.82) is 0 Å². The van der Waals surface area contributed by atoms with Gasteiger partial charge in [0.1, 0.15) is 5.69 Å². The SMILES string of the molecule is NCc1cnc(C(F)F)c(Cl)c1Br. The van der Waals surface area contributed by atoms with Crippen LogP contribution in [0.25, 0.3) is 0 Å². The van der Waals surface area contributed by atoms with Crippen LogP contribution < -0.4 is 5.73 Å². The van der Waals surface area contributed by atoms with E-state index >= 15 is 0 Å². The van der Waals surface area contributed by atoms with Gasteiger partial charge in [-0.25, -0.2) is 8.78 Å². The van der Waals surface area contributed by atoms with E-state index in [1.807, 2.05) is 0 Å². The van der Waals surface area contributed by atoms with Gasteiger partial charge < -0.3 is 5.73 Å². The molecule has 72 valence electrons. The molecule has 0 saturated heterocycles. The summed E-state index contributed by atoms with van der Waals surface area (Å²) in [6.07, 6.45) is -1.38. The average molecular weight is 271 g/mol. The summed E-state index contributed by atoms with van der Waals surface area (Å²) in [4.78, 5) is 3.52. The Morgan fingerprint density at radius 1 is 1.62 bits per heavy atom. The number of rotatable bonds is 2. The van der Waals surface area contributed by atoms with Crippen molar-refractivity contribution in [2.24, 2.45) is 5.73 Å². The minimum atomic E-state index is -2.67. The predicted octanol–water partition coefficient (Wildman–Crippen LogP) is 2.89. The van der Waals surface area contributed by atoms with Crippen molar-refractivity contribution in [3.05, 3.63) is 26.9 Å². The lowest BCUT2D eigenvalue weighted by molar-refractivity contribution is 0.146. The monoisotopic (exact) mass is 270 g/mol. The summed E-state index contributed by atoms with van der Waals surface area (Å²) in [5.41, 5.74) is 5.51. The van der Waals surface area contributed by atoms with Crippen molar-refractivity contribution in [2.45, 2.75) is 13.0 Å². The van der Waals surface area contributed by atoms with E-state index in [-0.39, 0.29) is 11.6 Å². The molecule has 0 aromatic carbocycles. The minimum Gasteiger partial charge on any atom is -0.326 e. The summed E-state index contributed by atoms with van der Waals surface area (Å²) in [7, 11) is 0. The molecule has 0 aliphatic carbocycles. The van der Waals surface area contributed by atoms with Crippen molar-refractivity contribution < 1.29 is 8.78 Å². The van der Waals surface area contributed by atoms with Crippen LogP contribution in [0.5, 0.6) is 0 Å². The van der Waals surface area contributed by atoms with E-state index in [1.54, 1.807) is 0 Å². The molecule has 0 spiro atoms. The number of halogens is 4. The molecule has 0 saturated carbocycles. The van der Waals surface area contributed by atoms with Crippen LogP contribution in [0.15, 0.2) is 10.7 Å². The van der Waals surface area contributed by atoms with E-state index < -0.39 is 12.1 Å². The van der Waals surface area contributed by atoms with Gasteiger partial charge in [-0.1, -0.05) is 11.6 Å². The number of alkyl halides is 2. The van der Waals surface area contributed by atoms with Crippen molar-refractivity contribution >= 4 is 27.5 Å². The van der Waals surface area contributed by atoms with E-state index in [0.717, 1.165) is 0 Å². The maximum absolute atomic E-state index is 12.2. The zero-order valence-electron chi connectivity index (χ0n) is 6.40. The molecular formula is C7H6BrClF2N2. The molecule has 0 unspecified atom stereocenters. The largest absolute Gasteiger partial charge is 0.326 e. The predicted molar refractivity (Wildman–Crippen MR) is 49.8 cm³/mol. The number of pyridine rings is 1. The zero-order valence-corrected chi connectivity index (χ0v) is 8.74. The first-order valence-corrected chi connectivity index (χ1v) is 4.56. The van der Waals surface area contributed by atoms with Crippen LogP contribution in [0.2, 0.25) is 5.02 Å². The molecule has 6 heteroatoms. The number of hydrogen-bond acceptors (Lipinski definition) is 2. The molecule has 1 rings (SSSR count). The number of hydrogen-bond donors (Lipinski definition) is 1. The smallest absolute Gasteiger partial charge is 0.281 e. The summed E-state index contributed by atoms with van der Waals surface area (Å²) < 4.78 is 24.9. The Labute approximate surface area is 87.2 Å². The topological polar surface area (TPSA) is 38.9 Å². The third kappa shape index (κ3) is 2.15. The van der Waals surface area contributed by atoms with E-state index in [0.29, 0.717) is 10.0 Å². The molecule has 2 nitrogen and oxygen atoms in total. The lowest BCUT2D eigenvalue weighted by Gasteiger charge is -2.07. The Bertz CT molecular complexity index is 320. The second-order valence-corrected chi connectivity index (χ2v) is 3.47. The van der Waals surface area contributed by atoms with E-state index in [9.17, 15) is 8.78 Å². The van der Waals surface area contributed by atoms with Gasteiger partial charge in [0.05, 0.1) is 5.02 Å². The summed E-state index contributed by atoms with van der Waals surface area (Å²) in [5.74, 6) is 0. The fourth-order valence-corrected chi connectivity index (χ4v) is 1.53. The van der Waals surface area contributed by atoms with Crippen molar-refractivity contribution in [3.8, 4) is 0 Å². The quantitative estimate of drug-likeness (QED) is 0.898. The fourth-order valence-electron chi connectivity index (χ4n) is 0.809. The summed E-state index contributed by atoms with van der Waals surface area (Å²) in [5, 5.41) is -0.0713. The molecule has 1 aromatic rings. The van der Waals surface area contributed by atoms with Gasteiger partial charge in [-0.05, 0) is 21.5 Å². The highest BCUT2D eigenvalue weighted by Gasteiger charge is 2.17. The molecule has 13 heavy (non-hydrogen) atoms. The minimum absolute atomic E-state index is 0.0713. The average Bonchev–Trinajstić information content (AvgIpc) is 2.09. The molecule has 1 heterocycles. The first kappa shape index (κ1) is 10.8. The Morgan fingerprint density at radius 2 is 2.23 bits per heavy atom. The molecule has 0 radical (unpaired) electrons. The molecule has 0 aliphatic heterocycles. The van der Waals surface area contributed by atoms with Gasteiger partial charge >= 0.3 is 0 Å². The maximum atomic E-state index is 12.2. The van der Waals surface area contributed by atoms with Crippen LogP contribution in [-0.2, 0) is 6.54 Å². The van der Waals surface area contributed by atoms with Crippen LogP contribution in [0.1, 0.15) is 17.7 Å². The van der Waals surface area contributed by atoms with Crippen molar-refractivity contribution in [1.82, 2.24) is 4.98 Å². The van der Waals surface area contributed by atoms with Gasteiger partial charge in [-0.3, -0.25) is 4.98 Å². The summed E-state index contributed by atoms with van der Waals surface area (Å²) in [6.45, 7) is 0.205. The molecule has 0 amide bonds. The van der Waals surface area contributed by atoms with Crippen LogP contribution in [0.3, 0.4) is 0 Å². The van der Waals surface area contributed by atoms with Crippen molar-refractivity contribution in [3.63, 3.8) is 0 Å². The molecule has 0 atom stereocenters. The van der Waals surface area contributed by atoms with Crippen LogP contribution >= 0.6 is 27.5 Å². The fraction of sp³-hybridized carbons (Fsp3) is 0.286. The summed E-state index contributed by atoms with van der Waals surface area (Å²) in [6, 6.07) is 0. The number of nitrogens with two attached hydrogens (primary N) is 1. The Morgan fingerprint density at radius 3 is 2.69 bits per heavy atom. The van der Waals surface area contributed by atoms with E-state index in [1.165, 1.54) is 6.20 Å². The van der Waals surface area contributed by atoms with E-state index in [2.05, 4.69) is 20.9 Å². The first-order valence-electron chi connectivity index (χ1n) is 3.39. The second-order valence-electron chi connectivity index (χ2n) is 2.30. The Balaban J connectivity index is 3.23. The zero-order chi connectivity index (χ0) is 10.0. The van der Waals surface area contributed by atoms with Gasteiger partial charge in [-0.15, -0.1) is 0 Å². The number of nitrogens with zero attached hydrogens (tertiary/aromatic N) is 1. The van der Waals surface area contributed by atoms with Gasteiger partial charge in [0, 0.05) is 17.2 Å². The summed E-state index contributed by atoms with van der Waals surface area (Å²) >= 11 is 8.70. The van der Waals surface area contributed by atoms with Gasteiger partial charge in [0.25, 0.3) is 6.43 Å². The third-order valence-corrected chi connectivity index (χ3v) is 3.00. The highest BCUT2D eigenvalue weighted by molar-refractivity contribution is 9.10. The second kappa shape index (κ2) is 4.30. The third-order valence-electron chi connectivity index (χ3n) is 1.49. The highest BCUT2D eigenvalue weighted by Crippen LogP contribution is 2.33. The Kier molecular flexibility index (Phi) is 3.58. The first-order chi connectivity index (χ1) is 6.07. The van der Waals surface area contributed by atoms with Gasteiger partial charge in [0.15, 0.2) is 0 Å². The van der Waals surface area contributed by atoms with Crippen LogP contribution in [0, 0.1) is 0 Å². The molecule has 0 bridgehead atoms. The Hall–Kier alpha value is -0.260. The van der Waals surface area contributed by atoms with Crippen LogP contribution in [0.4, 0.5) is 8.78 Å². The molecule has 0 aliphatic rings. The molecular weight excluding hydrogens is 265 g/mol. The standard InChI is InChI=1S/C7H6BrClF2N2/c8-4-3(1-12)2-13-6(5(4)9)7(10)11/h2,7H,1,12H2. The lowest BCUT2D eigenvalue weighted by atomic mass is 10.2. The van der Waals surface area contributed by atoms with Gasteiger partial charge in [-0.2, -0.15) is 0 Å². The molecule has 2 N–H and O–H groups in total. The number of aromatic nitrogens is 1.